The van der Waals surface area contributed by atoms with Gasteiger partial charge in [0.05, 0.1) is 5.69 Å². The van der Waals surface area contributed by atoms with E-state index in [1.807, 2.05) is 41.3 Å². The molecule has 0 bridgehead atoms. The zero-order valence-corrected chi connectivity index (χ0v) is 13.6. The molecule has 0 spiro atoms. The first-order chi connectivity index (χ1) is 11.4. The van der Waals surface area contributed by atoms with E-state index in [1.165, 1.54) is 18.4 Å². The highest BCUT2D eigenvalue weighted by Gasteiger charge is 2.29. The molecule has 1 aliphatic carbocycles. The third kappa shape index (κ3) is 3.45. The lowest BCUT2D eigenvalue weighted by molar-refractivity contribution is 0.775. The first-order valence-corrected chi connectivity index (χ1v) is 8.93. The topological polar surface area (TPSA) is 43.6 Å². The van der Waals surface area contributed by atoms with Gasteiger partial charge in [0.2, 0.25) is 0 Å². The first-order valence-electron chi connectivity index (χ1n) is 7.94. The third-order valence-electron chi connectivity index (χ3n) is 3.88. The lowest BCUT2D eigenvalue weighted by atomic mass is 10.2. The molecule has 3 aromatic rings. The lowest BCUT2D eigenvalue weighted by Gasteiger charge is -2.05. The van der Waals surface area contributed by atoms with Gasteiger partial charge in [0, 0.05) is 24.1 Å². The Morgan fingerprint density at radius 1 is 1.09 bits per heavy atom. The van der Waals surface area contributed by atoms with Crippen LogP contribution in [-0.2, 0) is 6.42 Å². The summed E-state index contributed by atoms with van der Waals surface area (Å²) in [5.41, 5.74) is 2.34. The zero-order valence-electron chi connectivity index (χ0n) is 12.8. The summed E-state index contributed by atoms with van der Waals surface area (Å²) in [6.07, 6.45) is 7.17. The second kappa shape index (κ2) is 6.54. The summed E-state index contributed by atoms with van der Waals surface area (Å²) in [5.74, 6) is 2.54. The van der Waals surface area contributed by atoms with E-state index < -0.39 is 0 Å². The minimum Gasteiger partial charge on any atom is -0.264 e. The number of hydrogen-bond donors (Lipinski definition) is 0. The maximum atomic E-state index is 4.78. The Morgan fingerprint density at radius 2 is 1.96 bits per heavy atom. The van der Waals surface area contributed by atoms with Crippen LogP contribution in [0, 0.1) is 0 Å². The van der Waals surface area contributed by atoms with Gasteiger partial charge in [-0.1, -0.05) is 36.0 Å². The van der Waals surface area contributed by atoms with Gasteiger partial charge in [-0.3, -0.25) is 4.98 Å². The molecule has 2 heterocycles. The smallest absolute Gasteiger partial charge is 0.191 e. The summed E-state index contributed by atoms with van der Waals surface area (Å²) in [6, 6.07) is 14.4. The van der Waals surface area contributed by atoms with Crippen LogP contribution in [0.15, 0.2) is 60.0 Å². The fraction of sp³-hybridized carbons (Fsp3) is 0.278. The second-order valence-electron chi connectivity index (χ2n) is 5.73. The number of hydrogen-bond acceptors (Lipinski definition) is 4. The molecule has 0 aliphatic heterocycles. The number of benzene rings is 1. The van der Waals surface area contributed by atoms with Crippen molar-refractivity contribution in [3.05, 3.63) is 66.2 Å². The molecule has 0 atom stereocenters. The molecule has 1 saturated carbocycles. The van der Waals surface area contributed by atoms with Gasteiger partial charge in [-0.15, -0.1) is 5.10 Å². The minimum absolute atomic E-state index is 0.567. The highest BCUT2D eigenvalue weighted by Crippen LogP contribution is 2.39. The number of rotatable bonds is 6. The summed E-state index contributed by atoms with van der Waals surface area (Å²) in [5, 5.41) is 5.73. The maximum absolute atomic E-state index is 4.78. The monoisotopic (exact) mass is 322 g/mol. The van der Waals surface area contributed by atoms with Crippen molar-refractivity contribution in [1.29, 1.82) is 0 Å². The molecular weight excluding hydrogens is 304 g/mol. The van der Waals surface area contributed by atoms with Crippen LogP contribution in [0.1, 0.15) is 30.1 Å². The van der Waals surface area contributed by atoms with Gasteiger partial charge >= 0.3 is 0 Å². The lowest BCUT2D eigenvalue weighted by Crippen LogP contribution is -1.99. The number of nitrogens with zero attached hydrogens (tertiary/aromatic N) is 4. The van der Waals surface area contributed by atoms with E-state index >= 15 is 0 Å². The predicted molar refractivity (Wildman–Crippen MR) is 92.0 cm³/mol. The van der Waals surface area contributed by atoms with Crippen LogP contribution in [0.25, 0.3) is 5.69 Å². The molecule has 5 heteroatoms. The van der Waals surface area contributed by atoms with Crippen LogP contribution in [0.3, 0.4) is 0 Å². The average Bonchev–Trinajstić information content (AvgIpc) is 3.37. The molecule has 4 rings (SSSR count). The van der Waals surface area contributed by atoms with Crippen LogP contribution in [0.5, 0.6) is 0 Å². The molecule has 1 aromatic carbocycles. The minimum atomic E-state index is 0.567. The highest BCUT2D eigenvalue weighted by molar-refractivity contribution is 7.99. The van der Waals surface area contributed by atoms with E-state index in [0.29, 0.717) is 5.92 Å². The average molecular weight is 322 g/mol. The quantitative estimate of drug-likeness (QED) is 0.646. The van der Waals surface area contributed by atoms with Crippen molar-refractivity contribution in [2.75, 3.05) is 5.75 Å². The van der Waals surface area contributed by atoms with E-state index in [2.05, 4.69) is 23.2 Å². The van der Waals surface area contributed by atoms with Gasteiger partial charge in [-0.25, -0.2) is 9.67 Å². The van der Waals surface area contributed by atoms with Gasteiger partial charge in [-0.05, 0) is 43.0 Å². The Kier molecular flexibility index (Phi) is 4.11. The van der Waals surface area contributed by atoms with Crippen molar-refractivity contribution < 1.29 is 0 Å². The Hall–Kier alpha value is -2.14. The van der Waals surface area contributed by atoms with E-state index in [9.17, 15) is 0 Å². The SMILES string of the molecule is c1ccc(-n2nc(C3CC3)nc2SCCc2cccnc2)cc1. The molecular formula is C18H18N4S. The largest absolute Gasteiger partial charge is 0.264 e. The first kappa shape index (κ1) is 14.5. The fourth-order valence-corrected chi connectivity index (χ4v) is 3.41. The van der Waals surface area contributed by atoms with Crippen molar-refractivity contribution in [2.45, 2.75) is 30.3 Å². The Balaban J connectivity index is 1.52. The van der Waals surface area contributed by atoms with Crippen LogP contribution >= 0.6 is 11.8 Å². The Bertz CT molecular complexity index is 766. The second-order valence-corrected chi connectivity index (χ2v) is 6.80. The van der Waals surface area contributed by atoms with Gasteiger partial charge < -0.3 is 0 Å². The van der Waals surface area contributed by atoms with Crippen molar-refractivity contribution >= 4 is 11.8 Å². The number of para-hydroxylation sites is 1. The number of thioether (sulfide) groups is 1. The Morgan fingerprint density at radius 3 is 2.70 bits per heavy atom. The molecule has 0 radical (unpaired) electrons. The highest BCUT2D eigenvalue weighted by atomic mass is 32.2. The molecule has 0 unspecified atom stereocenters. The summed E-state index contributed by atoms with van der Waals surface area (Å²) in [6.45, 7) is 0. The third-order valence-corrected chi connectivity index (χ3v) is 4.81. The molecule has 116 valence electrons. The van der Waals surface area contributed by atoms with Crippen LogP contribution in [0.2, 0.25) is 0 Å². The van der Waals surface area contributed by atoms with Gasteiger partial charge in [0.1, 0.15) is 0 Å². The van der Waals surface area contributed by atoms with Crippen molar-refractivity contribution in [1.82, 2.24) is 19.7 Å². The zero-order chi connectivity index (χ0) is 15.5. The maximum Gasteiger partial charge on any atom is 0.191 e. The molecule has 0 saturated heterocycles. The molecule has 4 nitrogen and oxygen atoms in total. The van der Waals surface area contributed by atoms with E-state index in [0.717, 1.165) is 28.8 Å². The Labute approximate surface area is 140 Å². The standard InChI is InChI=1S/C18H18N4S/c1-2-6-16(7-3-1)22-18(20-17(21-22)15-8-9-15)23-12-10-14-5-4-11-19-13-14/h1-7,11,13,15H,8-10,12H2. The summed E-state index contributed by atoms with van der Waals surface area (Å²) >= 11 is 1.76. The van der Waals surface area contributed by atoms with E-state index in [1.54, 1.807) is 11.8 Å². The van der Waals surface area contributed by atoms with Gasteiger partial charge in [-0.2, -0.15) is 0 Å². The summed E-state index contributed by atoms with van der Waals surface area (Å²) in [4.78, 5) is 8.95. The number of aryl methyl sites for hydroxylation is 1. The van der Waals surface area contributed by atoms with Gasteiger partial charge in [0.25, 0.3) is 0 Å². The molecule has 1 aliphatic rings. The van der Waals surface area contributed by atoms with Crippen molar-refractivity contribution in [3.63, 3.8) is 0 Å². The predicted octanol–water partition coefficient (Wildman–Crippen LogP) is 3.87. The summed E-state index contributed by atoms with van der Waals surface area (Å²) < 4.78 is 1.99. The van der Waals surface area contributed by atoms with Crippen LogP contribution in [0.4, 0.5) is 0 Å². The fourth-order valence-electron chi connectivity index (χ4n) is 2.46. The molecule has 0 N–H and O–H groups in total. The molecule has 0 amide bonds. The number of pyridine rings is 1. The molecule has 1 fully saturated rings. The van der Waals surface area contributed by atoms with Crippen LogP contribution < -0.4 is 0 Å². The van der Waals surface area contributed by atoms with E-state index in [-0.39, 0.29) is 0 Å². The molecule has 23 heavy (non-hydrogen) atoms. The van der Waals surface area contributed by atoms with Crippen molar-refractivity contribution in [2.24, 2.45) is 0 Å². The number of aromatic nitrogens is 4. The van der Waals surface area contributed by atoms with Crippen molar-refractivity contribution in [3.8, 4) is 5.69 Å². The normalized spacial score (nSPS) is 14.1. The van der Waals surface area contributed by atoms with Crippen LogP contribution in [-0.4, -0.2) is 25.5 Å². The van der Waals surface area contributed by atoms with Gasteiger partial charge in [0.15, 0.2) is 11.0 Å². The summed E-state index contributed by atoms with van der Waals surface area (Å²) in [7, 11) is 0. The molecule has 2 aromatic heterocycles. The van der Waals surface area contributed by atoms with E-state index in [4.69, 9.17) is 10.1 Å².